The average molecular weight is 238 g/mol. The second-order valence-electron chi connectivity index (χ2n) is 3.80. The van der Waals surface area contributed by atoms with Crippen LogP contribution in [-0.4, -0.2) is 41.2 Å². The molecule has 0 amide bonds. The smallest absolute Gasteiger partial charge is 0.240 e. The van der Waals surface area contributed by atoms with Crippen molar-refractivity contribution in [2.75, 3.05) is 26.2 Å². The van der Waals surface area contributed by atoms with Gasteiger partial charge in [-0.25, -0.2) is 0 Å². The Morgan fingerprint density at radius 2 is 2.18 bits per heavy atom. The first-order valence-corrected chi connectivity index (χ1v) is 6.15. The lowest BCUT2D eigenvalue weighted by Gasteiger charge is -2.16. The van der Waals surface area contributed by atoms with Gasteiger partial charge in [-0.15, -0.1) is 6.58 Å². The van der Waals surface area contributed by atoms with Crippen LogP contribution in [0.1, 0.15) is 25.6 Å². The number of rotatable bonds is 9. The summed E-state index contributed by atoms with van der Waals surface area (Å²) in [5.74, 6) is 1.42. The maximum atomic E-state index is 5.13. The molecule has 0 saturated heterocycles. The molecule has 96 valence electrons. The van der Waals surface area contributed by atoms with Crippen LogP contribution in [0.3, 0.4) is 0 Å². The first kappa shape index (κ1) is 13.9. The number of likely N-dealkylation sites (N-methyl/N-ethyl adjacent to an activating group) is 1. The van der Waals surface area contributed by atoms with Gasteiger partial charge in [0.15, 0.2) is 5.82 Å². The molecule has 1 aromatic heterocycles. The Balaban J connectivity index is 2.32. The molecule has 1 N–H and O–H groups in total. The molecule has 1 aromatic rings. The minimum atomic E-state index is 0.601. The minimum absolute atomic E-state index is 0.601. The fourth-order valence-corrected chi connectivity index (χ4v) is 1.54. The Bertz CT molecular complexity index is 320. The molecule has 0 spiro atoms. The number of nitrogens with zero attached hydrogens (tertiary/aromatic N) is 3. The Morgan fingerprint density at radius 1 is 1.41 bits per heavy atom. The lowest BCUT2D eigenvalue weighted by molar-refractivity contribution is 0.302. The van der Waals surface area contributed by atoms with Gasteiger partial charge in [0.2, 0.25) is 5.89 Å². The van der Waals surface area contributed by atoms with Crippen molar-refractivity contribution in [1.82, 2.24) is 20.4 Å². The summed E-state index contributed by atoms with van der Waals surface area (Å²) in [6, 6.07) is 0. The van der Waals surface area contributed by atoms with Crippen molar-refractivity contribution in [3.8, 4) is 0 Å². The van der Waals surface area contributed by atoms with E-state index >= 15 is 0 Å². The fourth-order valence-electron chi connectivity index (χ4n) is 1.54. The van der Waals surface area contributed by atoms with Gasteiger partial charge in [0.05, 0.1) is 6.54 Å². The zero-order valence-corrected chi connectivity index (χ0v) is 10.8. The standard InChI is InChI=1S/C12H22N4O/c1-4-8-13-10-12-14-11(15-17-12)7-9-16(5-2)6-3/h4,13H,1,5-10H2,2-3H3. The van der Waals surface area contributed by atoms with Crippen LogP contribution in [0.5, 0.6) is 0 Å². The predicted octanol–water partition coefficient (Wildman–Crippen LogP) is 1.23. The van der Waals surface area contributed by atoms with E-state index in [9.17, 15) is 0 Å². The van der Waals surface area contributed by atoms with E-state index in [1.807, 2.05) is 0 Å². The molecule has 0 unspecified atom stereocenters. The second-order valence-corrected chi connectivity index (χ2v) is 3.80. The van der Waals surface area contributed by atoms with Gasteiger partial charge in [0.1, 0.15) is 0 Å². The summed E-state index contributed by atoms with van der Waals surface area (Å²) in [7, 11) is 0. The van der Waals surface area contributed by atoms with E-state index < -0.39 is 0 Å². The van der Waals surface area contributed by atoms with Gasteiger partial charge in [0, 0.05) is 19.5 Å². The van der Waals surface area contributed by atoms with Crippen LogP contribution in [0.4, 0.5) is 0 Å². The average Bonchev–Trinajstić information content (AvgIpc) is 2.79. The summed E-state index contributed by atoms with van der Waals surface area (Å²) in [5.41, 5.74) is 0. The molecule has 0 radical (unpaired) electrons. The predicted molar refractivity (Wildman–Crippen MR) is 67.7 cm³/mol. The molecule has 0 bridgehead atoms. The highest BCUT2D eigenvalue weighted by molar-refractivity contribution is 4.87. The Morgan fingerprint density at radius 3 is 2.82 bits per heavy atom. The van der Waals surface area contributed by atoms with Gasteiger partial charge in [-0.1, -0.05) is 25.1 Å². The lowest BCUT2D eigenvalue weighted by atomic mass is 10.3. The summed E-state index contributed by atoms with van der Waals surface area (Å²) in [6.45, 7) is 12.4. The summed E-state index contributed by atoms with van der Waals surface area (Å²) in [5, 5.41) is 7.08. The Kier molecular flexibility index (Phi) is 6.50. The van der Waals surface area contributed by atoms with Crippen molar-refractivity contribution in [1.29, 1.82) is 0 Å². The van der Waals surface area contributed by atoms with E-state index in [1.54, 1.807) is 6.08 Å². The molecule has 17 heavy (non-hydrogen) atoms. The molecule has 0 aliphatic heterocycles. The number of aromatic nitrogens is 2. The number of nitrogens with one attached hydrogen (secondary N) is 1. The molecule has 1 rings (SSSR count). The van der Waals surface area contributed by atoms with Gasteiger partial charge < -0.3 is 14.7 Å². The Labute approximate surface area is 103 Å². The molecule has 0 aliphatic carbocycles. The van der Waals surface area contributed by atoms with Crippen molar-refractivity contribution in [3.05, 3.63) is 24.4 Å². The third kappa shape index (κ3) is 5.10. The summed E-state index contributed by atoms with van der Waals surface area (Å²) in [6.07, 6.45) is 2.64. The highest BCUT2D eigenvalue weighted by atomic mass is 16.5. The van der Waals surface area contributed by atoms with Crippen LogP contribution >= 0.6 is 0 Å². The first-order valence-electron chi connectivity index (χ1n) is 6.15. The third-order valence-electron chi connectivity index (χ3n) is 2.62. The maximum Gasteiger partial charge on any atom is 0.240 e. The highest BCUT2D eigenvalue weighted by Crippen LogP contribution is 1.99. The van der Waals surface area contributed by atoms with Crippen LogP contribution in [-0.2, 0) is 13.0 Å². The minimum Gasteiger partial charge on any atom is -0.338 e. The van der Waals surface area contributed by atoms with Crippen molar-refractivity contribution < 1.29 is 4.52 Å². The first-order chi connectivity index (χ1) is 8.30. The van der Waals surface area contributed by atoms with E-state index in [0.29, 0.717) is 12.4 Å². The van der Waals surface area contributed by atoms with E-state index in [4.69, 9.17) is 4.52 Å². The van der Waals surface area contributed by atoms with E-state index in [2.05, 4.69) is 40.8 Å². The number of hydrogen-bond acceptors (Lipinski definition) is 5. The second kappa shape index (κ2) is 7.97. The van der Waals surface area contributed by atoms with Crippen LogP contribution in [0.15, 0.2) is 17.2 Å². The van der Waals surface area contributed by atoms with Crippen molar-refractivity contribution >= 4 is 0 Å². The highest BCUT2D eigenvalue weighted by Gasteiger charge is 2.07. The molecular weight excluding hydrogens is 216 g/mol. The maximum absolute atomic E-state index is 5.13. The van der Waals surface area contributed by atoms with Gasteiger partial charge >= 0.3 is 0 Å². The lowest BCUT2D eigenvalue weighted by Crippen LogP contribution is -2.25. The van der Waals surface area contributed by atoms with Crippen molar-refractivity contribution in [3.63, 3.8) is 0 Å². The van der Waals surface area contributed by atoms with Crippen LogP contribution in [0.2, 0.25) is 0 Å². The third-order valence-corrected chi connectivity index (χ3v) is 2.62. The summed E-state index contributed by atoms with van der Waals surface area (Å²) < 4.78 is 5.13. The molecule has 5 heteroatoms. The molecule has 1 heterocycles. The topological polar surface area (TPSA) is 54.2 Å². The quantitative estimate of drug-likeness (QED) is 0.518. The van der Waals surface area contributed by atoms with Gasteiger partial charge in [0.25, 0.3) is 0 Å². The monoisotopic (exact) mass is 238 g/mol. The fraction of sp³-hybridized carbons (Fsp3) is 0.667. The molecule has 0 saturated carbocycles. The van der Waals surface area contributed by atoms with E-state index in [0.717, 1.165) is 38.4 Å². The SMILES string of the molecule is C=CCNCc1nc(CCN(CC)CC)no1. The van der Waals surface area contributed by atoms with Crippen molar-refractivity contribution in [2.45, 2.75) is 26.8 Å². The number of hydrogen-bond donors (Lipinski definition) is 1. The Hall–Kier alpha value is -1.20. The zero-order valence-electron chi connectivity index (χ0n) is 10.8. The van der Waals surface area contributed by atoms with Crippen LogP contribution in [0.25, 0.3) is 0 Å². The summed E-state index contributed by atoms with van der Waals surface area (Å²) in [4.78, 5) is 6.66. The van der Waals surface area contributed by atoms with Crippen molar-refractivity contribution in [2.24, 2.45) is 0 Å². The van der Waals surface area contributed by atoms with Gasteiger partial charge in [-0.2, -0.15) is 4.98 Å². The van der Waals surface area contributed by atoms with E-state index in [1.165, 1.54) is 0 Å². The van der Waals surface area contributed by atoms with Gasteiger partial charge in [-0.05, 0) is 13.1 Å². The molecule has 0 atom stereocenters. The zero-order chi connectivity index (χ0) is 12.5. The molecule has 0 fully saturated rings. The van der Waals surface area contributed by atoms with Crippen LogP contribution < -0.4 is 5.32 Å². The normalized spacial score (nSPS) is 11.0. The largest absolute Gasteiger partial charge is 0.338 e. The molecule has 0 aliphatic rings. The molecular formula is C12H22N4O. The summed E-state index contributed by atoms with van der Waals surface area (Å²) >= 11 is 0. The molecule has 5 nitrogen and oxygen atoms in total. The molecule has 0 aromatic carbocycles. The van der Waals surface area contributed by atoms with Crippen LogP contribution in [0, 0.1) is 0 Å². The van der Waals surface area contributed by atoms with Gasteiger partial charge in [-0.3, -0.25) is 0 Å². The van der Waals surface area contributed by atoms with E-state index in [-0.39, 0.29) is 0 Å².